The van der Waals surface area contributed by atoms with E-state index in [4.69, 9.17) is 4.74 Å². The standard InChI is InChI=1S/C13H14N2O3S/c16-15(17)13-7-6-12(19-13)10-14-8-9-18-11-4-2-1-3-5-11/h1-7,14H,8-10H2. The fourth-order valence-corrected chi connectivity index (χ4v) is 2.32. The Morgan fingerprint density at radius 1 is 1.21 bits per heavy atom. The van der Waals surface area contributed by atoms with Gasteiger partial charge in [0.25, 0.3) is 0 Å². The summed E-state index contributed by atoms with van der Waals surface area (Å²) in [5.41, 5.74) is 0. The van der Waals surface area contributed by atoms with Crippen LogP contribution >= 0.6 is 11.3 Å². The van der Waals surface area contributed by atoms with Crippen molar-refractivity contribution in [3.63, 3.8) is 0 Å². The maximum atomic E-state index is 10.5. The Hall–Kier alpha value is -1.92. The van der Waals surface area contributed by atoms with Gasteiger partial charge in [0.15, 0.2) is 0 Å². The molecular formula is C13H14N2O3S. The van der Waals surface area contributed by atoms with Gasteiger partial charge >= 0.3 is 5.00 Å². The molecule has 1 heterocycles. The number of nitrogens with one attached hydrogen (secondary N) is 1. The summed E-state index contributed by atoms with van der Waals surface area (Å²) in [6, 6.07) is 12.9. The van der Waals surface area contributed by atoms with Crippen molar-refractivity contribution < 1.29 is 9.66 Å². The highest BCUT2D eigenvalue weighted by Crippen LogP contribution is 2.23. The van der Waals surface area contributed by atoms with E-state index in [-0.39, 0.29) is 9.92 Å². The van der Waals surface area contributed by atoms with Gasteiger partial charge in [0.1, 0.15) is 12.4 Å². The molecule has 1 N–H and O–H groups in total. The maximum Gasteiger partial charge on any atom is 0.324 e. The fraction of sp³-hybridized carbons (Fsp3) is 0.231. The zero-order valence-electron chi connectivity index (χ0n) is 10.2. The van der Waals surface area contributed by atoms with E-state index in [1.807, 2.05) is 30.3 Å². The number of ether oxygens (including phenoxy) is 1. The van der Waals surface area contributed by atoms with Crippen LogP contribution in [0, 0.1) is 10.1 Å². The molecule has 0 saturated heterocycles. The van der Waals surface area contributed by atoms with Crippen LogP contribution in [-0.2, 0) is 6.54 Å². The Bertz CT molecular complexity index is 528. The van der Waals surface area contributed by atoms with Crippen LogP contribution in [0.2, 0.25) is 0 Å². The van der Waals surface area contributed by atoms with Crippen LogP contribution in [-0.4, -0.2) is 18.1 Å². The average molecular weight is 278 g/mol. The number of rotatable bonds is 7. The normalized spacial score (nSPS) is 10.3. The molecule has 0 aliphatic rings. The molecule has 100 valence electrons. The average Bonchev–Trinajstić information content (AvgIpc) is 2.89. The van der Waals surface area contributed by atoms with Gasteiger partial charge in [-0.25, -0.2) is 0 Å². The molecule has 2 rings (SSSR count). The molecule has 0 fully saturated rings. The van der Waals surface area contributed by atoms with Crippen LogP contribution in [0.5, 0.6) is 5.75 Å². The van der Waals surface area contributed by atoms with Crippen molar-refractivity contribution in [2.75, 3.05) is 13.2 Å². The Balaban J connectivity index is 1.65. The van der Waals surface area contributed by atoms with Crippen molar-refractivity contribution in [1.29, 1.82) is 0 Å². The lowest BCUT2D eigenvalue weighted by atomic mass is 10.3. The van der Waals surface area contributed by atoms with Crippen LogP contribution in [0.1, 0.15) is 4.88 Å². The van der Waals surface area contributed by atoms with Gasteiger partial charge in [-0.1, -0.05) is 29.5 Å². The summed E-state index contributed by atoms with van der Waals surface area (Å²) in [5.74, 6) is 0.844. The van der Waals surface area contributed by atoms with E-state index in [1.165, 1.54) is 17.4 Å². The van der Waals surface area contributed by atoms with Gasteiger partial charge in [0, 0.05) is 24.0 Å². The highest BCUT2D eigenvalue weighted by atomic mass is 32.1. The molecular weight excluding hydrogens is 264 g/mol. The molecule has 6 heteroatoms. The van der Waals surface area contributed by atoms with Crippen molar-refractivity contribution in [2.24, 2.45) is 0 Å². The first kappa shape index (κ1) is 13.5. The summed E-state index contributed by atoms with van der Waals surface area (Å²) in [5, 5.41) is 13.9. The molecule has 19 heavy (non-hydrogen) atoms. The first-order valence-corrected chi connectivity index (χ1v) is 6.69. The molecule has 1 aromatic carbocycles. The number of hydrogen-bond acceptors (Lipinski definition) is 5. The van der Waals surface area contributed by atoms with Crippen LogP contribution in [0.15, 0.2) is 42.5 Å². The van der Waals surface area contributed by atoms with Gasteiger partial charge in [0.2, 0.25) is 0 Å². The summed E-state index contributed by atoms with van der Waals surface area (Å²) in [7, 11) is 0. The van der Waals surface area contributed by atoms with Crippen molar-refractivity contribution in [2.45, 2.75) is 6.54 Å². The lowest BCUT2D eigenvalue weighted by molar-refractivity contribution is -0.380. The van der Waals surface area contributed by atoms with Gasteiger partial charge in [-0.2, -0.15) is 0 Å². The highest BCUT2D eigenvalue weighted by Gasteiger charge is 2.08. The maximum absolute atomic E-state index is 10.5. The largest absolute Gasteiger partial charge is 0.492 e. The van der Waals surface area contributed by atoms with Gasteiger partial charge < -0.3 is 10.1 Å². The molecule has 0 bridgehead atoms. The molecule has 1 aromatic heterocycles. The van der Waals surface area contributed by atoms with Gasteiger partial charge in [0.05, 0.1) is 4.92 Å². The smallest absolute Gasteiger partial charge is 0.324 e. The quantitative estimate of drug-likeness (QED) is 0.480. The Morgan fingerprint density at radius 2 is 2.00 bits per heavy atom. The van der Waals surface area contributed by atoms with Gasteiger partial charge in [-0.15, -0.1) is 0 Å². The molecule has 0 aliphatic heterocycles. The molecule has 0 atom stereocenters. The van der Waals surface area contributed by atoms with Crippen molar-refractivity contribution >= 4 is 16.3 Å². The van der Waals surface area contributed by atoms with Gasteiger partial charge in [-0.05, 0) is 18.2 Å². The van der Waals surface area contributed by atoms with E-state index >= 15 is 0 Å². The summed E-state index contributed by atoms with van der Waals surface area (Å²) < 4.78 is 5.52. The number of para-hydroxylation sites is 1. The van der Waals surface area contributed by atoms with E-state index in [0.717, 1.165) is 10.6 Å². The van der Waals surface area contributed by atoms with Crippen molar-refractivity contribution in [3.05, 3.63) is 57.5 Å². The Morgan fingerprint density at radius 3 is 2.68 bits per heavy atom. The lowest BCUT2D eigenvalue weighted by Gasteiger charge is -2.06. The Kier molecular flexibility index (Phi) is 4.88. The SMILES string of the molecule is O=[N+]([O-])c1ccc(CNCCOc2ccccc2)s1. The summed E-state index contributed by atoms with van der Waals surface area (Å²) in [6.07, 6.45) is 0. The third kappa shape index (κ3) is 4.35. The minimum atomic E-state index is -0.368. The van der Waals surface area contributed by atoms with Gasteiger partial charge in [-0.3, -0.25) is 10.1 Å². The number of nitrogens with zero attached hydrogens (tertiary/aromatic N) is 1. The first-order chi connectivity index (χ1) is 9.25. The minimum absolute atomic E-state index is 0.178. The van der Waals surface area contributed by atoms with Crippen LogP contribution < -0.4 is 10.1 Å². The predicted molar refractivity (Wildman–Crippen MR) is 74.6 cm³/mol. The van der Waals surface area contributed by atoms with E-state index < -0.39 is 0 Å². The second-order valence-electron chi connectivity index (χ2n) is 3.84. The number of thiophene rings is 1. The summed E-state index contributed by atoms with van der Waals surface area (Å²) >= 11 is 1.19. The van der Waals surface area contributed by atoms with E-state index in [0.29, 0.717) is 19.7 Å². The lowest BCUT2D eigenvalue weighted by Crippen LogP contribution is -2.20. The minimum Gasteiger partial charge on any atom is -0.492 e. The second-order valence-corrected chi connectivity index (χ2v) is 4.98. The van der Waals surface area contributed by atoms with E-state index in [2.05, 4.69) is 5.32 Å². The van der Waals surface area contributed by atoms with Crippen molar-refractivity contribution in [3.8, 4) is 5.75 Å². The topological polar surface area (TPSA) is 64.4 Å². The molecule has 5 nitrogen and oxygen atoms in total. The van der Waals surface area contributed by atoms with E-state index in [9.17, 15) is 10.1 Å². The summed E-state index contributed by atoms with van der Waals surface area (Å²) in [6.45, 7) is 1.88. The summed E-state index contributed by atoms with van der Waals surface area (Å²) in [4.78, 5) is 11.1. The zero-order valence-corrected chi connectivity index (χ0v) is 11.1. The monoisotopic (exact) mass is 278 g/mol. The van der Waals surface area contributed by atoms with E-state index in [1.54, 1.807) is 6.07 Å². The zero-order chi connectivity index (χ0) is 13.5. The van der Waals surface area contributed by atoms with Crippen LogP contribution in [0.3, 0.4) is 0 Å². The second kappa shape index (κ2) is 6.86. The molecule has 0 aliphatic carbocycles. The Labute approximate surface area is 115 Å². The number of hydrogen-bond donors (Lipinski definition) is 1. The predicted octanol–water partition coefficient (Wildman–Crippen LogP) is 2.82. The third-order valence-electron chi connectivity index (χ3n) is 2.42. The molecule has 0 saturated carbocycles. The third-order valence-corrected chi connectivity index (χ3v) is 3.45. The number of nitro groups is 1. The molecule has 0 amide bonds. The van der Waals surface area contributed by atoms with Crippen molar-refractivity contribution in [1.82, 2.24) is 5.32 Å². The number of benzene rings is 1. The van der Waals surface area contributed by atoms with Crippen LogP contribution in [0.25, 0.3) is 0 Å². The first-order valence-electron chi connectivity index (χ1n) is 5.87. The molecule has 0 unspecified atom stereocenters. The molecule has 0 radical (unpaired) electrons. The molecule has 2 aromatic rings. The molecule has 0 spiro atoms. The van der Waals surface area contributed by atoms with Crippen LogP contribution in [0.4, 0.5) is 5.00 Å². The fourth-order valence-electron chi connectivity index (χ4n) is 1.53. The highest BCUT2D eigenvalue weighted by molar-refractivity contribution is 7.15.